The lowest BCUT2D eigenvalue weighted by molar-refractivity contribution is 0.0969. The van der Waals surface area contributed by atoms with E-state index in [9.17, 15) is 13.2 Å². The minimum atomic E-state index is -3.94. The lowest BCUT2D eigenvalue weighted by atomic mass is 10.0. The summed E-state index contributed by atoms with van der Waals surface area (Å²) in [5, 5.41) is 11.7. The summed E-state index contributed by atoms with van der Waals surface area (Å²) in [7, 11) is -3.94. The van der Waals surface area contributed by atoms with Crippen LogP contribution in [0.25, 0.3) is 27.6 Å². The average Bonchev–Trinajstić information content (AvgIpc) is 3.33. The van der Waals surface area contributed by atoms with Crippen LogP contribution in [0.5, 0.6) is 5.75 Å². The Morgan fingerprint density at radius 2 is 1.85 bits per heavy atom. The van der Waals surface area contributed by atoms with E-state index in [1.165, 1.54) is 6.07 Å². The Balaban J connectivity index is 1.39. The Bertz CT molecular complexity index is 1880. The number of aryl methyl sites for hydroxylation is 1. The Morgan fingerprint density at radius 1 is 1.03 bits per heavy atom. The van der Waals surface area contributed by atoms with Gasteiger partial charge in [0.15, 0.2) is 0 Å². The molecule has 39 heavy (non-hydrogen) atoms. The van der Waals surface area contributed by atoms with Crippen molar-refractivity contribution >= 4 is 38.2 Å². The van der Waals surface area contributed by atoms with Crippen molar-refractivity contribution in [2.24, 2.45) is 5.14 Å². The molecule has 3 aromatic carbocycles. The zero-order valence-electron chi connectivity index (χ0n) is 20.9. The summed E-state index contributed by atoms with van der Waals surface area (Å²) in [6, 6.07) is 21.0. The number of benzene rings is 3. The standard InChI is InChI=1S/C28H24N6O4S/c1-17-14-24(34(32-17)20-8-6-18-10-11-31-27(29)22(18)16-20)28(35)33-12-13-38-25-15-19(7-9-23(25)33)21-4-2-3-5-26(21)39(30,36)37/h2-11,14-16H,12-13H2,1H3,(H2,29,31)(H2,30,36,37). The molecular weight excluding hydrogens is 516 g/mol. The molecule has 1 aliphatic heterocycles. The predicted molar refractivity (Wildman–Crippen MR) is 148 cm³/mol. The number of amides is 1. The quantitative estimate of drug-likeness (QED) is 0.354. The average molecular weight is 541 g/mol. The molecule has 196 valence electrons. The largest absolute Gasteiger partial charge is 0.490 e. The number of fused-ring (bicyclic) bond motifs is 2. The molecule has 11 heteroatoms. The minimum absolute atomic E-state index is 0.0132. The first-order chi connectivity index (χ1) is 18.7. The van der Waals surface area contributed by atoms with E-state index in [0.29, 0.717) is 52.0 Å². The third kappa shape index (κ3) is 4.37. The zero-order valence-corrected chi connectivity index (χ0v) is 21.7. The molecule has 0 aliphatic carbocycles. The molecule has 4 N–H and O–H groups in total. The van der Waals surface area contributed by atoms with Gasteiger partial charge in [0.2, 0.25) is 10.0 Å². The number of sulfonamides is 1. The number of nitrogens with zero attached hydrogens (tertiary/aromatic N) is 4. The van der Waals surface area contributed by atoms with E-state index in [-0.39, 0.29) is 17.4 Å². The normalized spacial score (nSPS) is 13.2. The number of carbonyl (C=O) groups is 1. The van der Waals surface area contributed by atoms with E-state index in [4.69, 9.17) is 15.6 Å². The number of nitrogens with two attached hydrogens (primary N) is 2. The van der Waals surface area contributed by atoms with E-state index in [1.807, 2.05) is 31.2 Å². The van der Waals surface area contributed by atoms with Gasteiger partial charge in [-0.05, 0) is 60.3 Å². The van der Waals surface area contributed by atoms with Gasteiger partial charge in [-0.15, -0.1) is 0 Å². The molecule has 10 nitrogen and oxygen atoms in total. The number of carbonyl (C=O) groups excluding carboxylic acids is 1. The molecule has 0 saturated carbocycles. The number of rotatable bonds is 4. The molecule has 0 bridgehead atoms. The number of hydrogen-bond acceptors (Lipinski definition) is 7. The first kappa shape index (κ1) is 24.6. The highest BCUT2D eigenvalue weighted by molar-refractivity contribution is 7.89. The molecule has 0 spiro atoms. The van der Waals surface area contributed by atoms with Crippen molar-refractivity contribution in [3.8, 4) is 22.6 Å². The van der Waals surface area contributed by atoms with Gasteiger partial charge in [0, 0.05) is 17.1 Å². The summed E-state index contributed by atoms with van der Waals surface area (Å²) >= 11 is 0. The van der Waals surface area contributed by atoms with E-state index < -0.39 is 10.0 Å². The van der Waals surface area contributed by atoms with Crippen molar-refractivity contribution in [2.75, 3.05) is 23.8 Å². The smallest absolute Gasteiger partial charge is 0.277 e. The van der Waals surface area contributed by atoms with Gasteiger partial charge < -0.3 is 15.4 Å². The fraction of sp³-hybridized carbons (Fsp3) is 0.107. The summed E-state index contributed by atoms with van der Waals surface area (Å²) in [4.78, 5) is 19.7. The second kappa shape index (κ2) is 9.22. The molecule has 0 radical (unpaired) electrons. The molecule has 1 amide bonds. The highest BCUT2D eigenvalue weighted by Gasteiger charge is 2.29. The van der Waals surface area contributed by atoms with Gasteiger partial charge in [0.05, 0.1) is 28.5 Å². The number of ether oxygens (including phenoxy) is 1. The van der Waals surface area contributed by atoms with E-state index in [0.717, 1.165) is 10.8 Å². The Labute approximate surface area is 224 Å². The molecule has 6 rings (SSSR count). The van der Waals surface area contributed by atoms with Crippen molar-refractivity contribution < 1.29 is 17.9 Å². The fourth-order valence-electron chi connectivity index (χ4n) is 4.85. The molecule has 5 aromatic rings. The van der Waals surface area contributed by atoms with E-state index in [1.54, 1.807) is 58.2 Å². The van der Waals surface area contributed by atoms with Crippen LogP contribution in [0.15, 0.2) is 83.9 Å². The molecule has 2 aromatic heterocycles. The predicted octanol–water partition coefficient (Wildman–Crippen LogP) is 3.66. The van der Waals surface area contributed by atoms with Crippen LogP contribution in [-0.4, -0.2) is 42.2 Å². The molecular formula is C28H24N6O4S. The summed E-state index contributed by atoms with van der Waals surface area (Å²) < 4.78 is 31.8. The maximum atomic E-state index is 13.9. The van der Waals surface area contributed by atoms with Gasteiger partial charge >= 0.3 is 0 Å². The molecule has 0 saturated heterocycles. The maximum absolute atomic E-state index is 13.9. The lowest BCUT2D eigenvalue weighted by Gasteiger charge is -2.30. The number of aromatic nitrogens is 3. The van der Waals surface area contributed by atoms with E-state index in [2.05, 4.69) is 10.1 Å². The van der Waals surface area contributed by atoms with Crippen LogP contribution in [0.3, 0.4) is 0 Å². The summed E-state index contributed by atoms with van der Waals surface area (Å²) in [6.45, 7) is 2.43. The SMILES string of the molecule is Cc1cc(C(=O)N2CCOc3cc(-c4ccccc4S(N)(=O)=O)ccc32)n(-c2ccc3ccnc(N)c3c2)n1. The van der Waals surface area contributed by atoms with Crippen LogP contribution in [0.4, 0.5) is 11.5 Å². The van der Waals surface area contributed by atoms with Gasteiger partial charge in [0.1, 0.15) is 23.9 Å². The highest BCUT2D eigenvalue weighted by atomic mass is 32.2. The summed E-state index contributed by atoms with van der Waals surface area (Å²) in [5.41, 5.74) is 9.47. The molecule has 1 aliphatic rings. The number of pyridine rings is 1. The van der Waals surface area contributed by atoms with Crippen molar-refractivity contribution in [1.82, 2.24) is 14.8 Å². The number of nitrogen functional groups attached to an aromatic ring is 1. The van der Waals surface area contributed by atoms with Gasteiger partial charge in [0.25, 0.3) is 5.91 Å². The van der Waals surface area contributed by atoms with Gasteiger partial charge in [-0.25, -0.2) is 23.2 Å². The number of primary sulfonamides is 1. The minimum Gasteiger partial charge on any atom is -0.490 e. The Morgan fingerprint density at radius 3 is 2.67 bits per heavy atom. The van der Waals surface area contributed by atoms with Crippen molar-refractivity contribution in [3.63, 3.8) is 0 Å². The topological polar surface area (TPSA) is 146 Å². The Kier molecular flexibility index (Phi) is 5.82. The van der Waals surface area contributed by atoms with Crippen molar-refractivity contribution in [1.29, 1.82) is 0 Å². The second-order valence-electron chi connectivity index (χ2n) is 9.21. The van der Waals surface area contributed by atoms with Gasteiger partial charge in [-0.1, -0.05) is 30.3 Å². The third-order valence-electron chi connectivity index (χ3n) is 6.65. The fourth-order valence-corrected chi connectivity index (χ4v) is 5.61. The Hall–Kier alpha value is -4.74. The number of anilines is 2. The van der Waals surface area contributed by atoms with Crippen LogP contribution < -0.4 is 20.5 Å². The molecule has 3 heterocycles. The first-order valence-corrected chi connectivity index (χ1v) is 13.7. The van der Waals surface area contributed by atoms with Crippen LogP contribution in [-0.2, 0) is 10.0 Å². The summed E-state index contributed by atoms with van der Waals surface area (Å²) in [5.74, 6) is 0.605. The third-order valence-corrected chi connectivity index (χ3v) is 7.62. The second-order valence-corrected chi connectivity index (χ2v) is 10.7. The van der Waals surface area contributed by atoms with Crippen molar-refractivity contribution in [3.05, 3.63) is 90.4 Å². The molecule has 0 unspecified atom stereocenters. The monoisotopic (exact) mass is 540 g/mol. The number of hydrogen-bond donors (Lipinski definition) is 2. The van der Waals surface area contributed by atoms with E-state index >= 15 is 0 Å². The van der Waals surface area contributed by atoms with Crippen LogP contribution in [0.1, 0.15) is 16.2 Å². The zero-order chi connectivity index (χ0) is 27.3. The lowest BCUT2D eigenvalue weighted by Crippen LogP contribution is -2.38. The summed E-state index contributed by atoms with van der Waals surface area (Å²) in [6.07, 6.45) is 1.65. The highest BCUT2D eigenvalue weighted by Crippen LogP contribution is 2.38. The van der Waals surface area contributed by atoms with Gasteiger partial charge in [-0.3, -0.25) is 4.79 Å². The molecule has 0 fully saturated rings. The first-order valence-electron chi connectivity index (χ1n) is 12.1. The van der Waals surface area contributed by atoms with Crippen LogP contribution >= 0.6 is 0 Å². The van der Waals surface area contributed by atoms with Crippen LogP contribution in [0, 0.1) is 6.92 Å². The van der Waals surface area contributed by atoms with Crippen LogP contribution in [0.2, 0.25) is 0 Å². The van der Waals surface area contributed by atoms with Crippen molar-refractivity contribution in [2.45, 2.75) is 11.8 Å². The molecule has 0 atom stereocenters. The maximum Gasteiger partial charge on any atom is 0.277 e. The van der Waals surface area contributed by atoms with Gasteiger partial charge in [-0.2, -0.15) is 5.10 Å².